The molecule has 12 heteroatoms. The zero-order valence-corrected chi connectivity index (χ0v) is 34.1. The van der Waals surface area contributed by atoms with Crippen molar-refractivity contribution in [3.63, 3.8) is 0 Å². The molecule has 0 unspecified atom stereocenters. The van der Waals surface area contributed by atoms with Gasteiger partial charge in [-0.2, -0.15) is 0 Å². The summed E-state index contributed by atoms with van der Waals surface area (Å²) < 4.78 is 36.1. The number of rotatable bonds is 14. The summed E-state index contributed by atoms with van der Waals surface area (Å²) >= 11 is 6.17. The lowest BCUT2D eigenvalue weighted by Crippen LogP contribution is -2.47. The number of sulfonamides is 1. The highest BCUT2D eigenvalue weighted by Gasteiger charge is 2.26. The van der Waals surface area contributed by atoms with Crippen molar-refractivity contribution < 1.29 is 17.9 Å². The minimum absolute atomic E-state index is 0.0265. The normalized spacial score (nSPS) is 16.8. The number of hydrogen-bond acceptors (Lipinski definition) is 8. The molecule has 2 aliphatic heterocycles. The molecule has 0 atom stereocenters. The van der Waals surface area contributed by atoms with Gasteiger partial charge < -0.3 is 24.8 Å². The largest absolute Gasteiger partial charge is 0.456 e. The van der Waals surface area contributed by atoms with E-state index in [1.165, 1.54) is 49.1 Å². The quantitative estimate of drug-likeness (QED) is 0.0957. The van der Waals surface area contributed by atoms with Crippen LogP contribution in [0.1, 0.15) is 60.0 Å². The maximum absolute atomic E-state index is 13.9. The number of likely N-dealkylation sites (tertiary alicyclic amines) is 1. The van der Waals surface area contributed by atoms with Crippen molar-refractivity contribution in [1.82, 2.24) is 19.5 Å². The van der Waals surface area contributed by atoms with Gasteiger partial charge in [-0.25, -0.2) is 13.1 Å². The SMILES string of the molecule is Cc1cc(S(=O)(=O)NC(=O)c2ccc(N3CCN(CC4=C(c5ccc(Cl)cc5)CCC4)CC3)cc2Oc2cccc3[nH]ccc23)ccc1NCCCN1CCCC1. The number of hydrogen-bond donors (Lipinski definition) is 3. The van der Waals surface area contributed by atoms with Crippen LogP contribution in [-0.2, 0) is 10.0 Å². The number of piperazine rings is 1. The summed E-state index contributed by atoms with van der Waals surface area (Å²) in [5, 5.41) is 5.06. The van der Waals surface area contributed by atoms with Crippen LogP contribution < -0.4 is 19.7 Å². The maximum atomic E-state index is 13.9. The van der Waals surface area contributed by atoms with Gasteiger partial charge in [0.2, 0.25) is 0 Å². The first-order chi connectivity index (χ1) is 27.7. The Bertz CT molecular complexity index is 2360. The minimum Gasteiger partial charge on any atom is -0.456 e. The smallest absolute Gasteiger partial charge is 0.268 e. The summed E-state index contributed by atoms with van der Waals surface area (Å²) in [5.41, 5.74) is 7.83. The van der Waals surface area contributed by atoms with Crippen LogP contribution in [0.2, 0.25) is 5.02 Å². The van der Waals surface area contributed by atoms with Crippen LogP contribution in [-0.4, -0.2) is 88.0 Å². The van der Waals surface area contributed by atoms with Crippen molar-refractivity contribution in [2.45, 2.75) is 50.3 Å². The first-order valence-corrected chi connectivity index (χ1v) is 22.0. The van der Waals surface area contributed by atoms with Crippen LogP contribution in [0.4, 0.5) is 11.4 Å². The average molecular weight is 807 g/mol. The molecule has 0 bridgehead atoms. The Morgan fingerprint density at radius 2 is 1.65 bits per heavy atom. The summed E-state index contributed by atoms with van der Waals surface area (Å²) in [6.45, 7) is 10.4. The number of nitrogens with one attached hydrogen (secondary N) is 3. The Hall–Kier alpha value is -4.81. The van der Waals surface area contributed by atoms with Gasteiger partial charge in [-0.05, 0) is 142 Å². The molecule has 5 aromatic rings. The number of aryl methyl sites for hydroxylation is 1. The predicted molar refractivity (Wildman–Crippen MR) is 230 cm³/mol. The molecule has 0 spiro atoms. The molecule has 3 N–H and O–H groups in total. The van der Waals surface area contributed by atoms with Gasteiger partial charge >= 0.3 is 0 Å². The molecule has 8 rings (SSSR count). The second-order valence-corrected chi connectivity index (χ2v) is 17.5. The summed E-state index contributed by atoms with van der Waals surface area (Å²) in [4.78, 5) is 24.4. The second-order valence-electron chi connectivity index (χ2n) is 15.4. The Morgan fingerprint density at radius 3 is 2.44 bits per heavy atom. The van der Waals surface area contributed by atoms with E-state index in [2.05, 4.69) is 41.9 Å². The molecule has 2 fully saturated rings. The molecule has 0 saturated carbocycles. The highest BCUT2D eigenvalue weighted by Crippen LogP contribution is 2.37. The molecule has 4 aromatic carbocycles. The Kier molecular flexibility index (Phi) is 11.9. The lowest BCUT2D eigenvalue weighted by Gasteiger charge is -2.36. The number of H-pyrrole nitrogens is 1. The van der Waals surface area contributed by atoms with Crippen molar-refractivity contribution >= 4 is 55.4 Å². The van der Waals surface area contributed by atoms with Gasteiger partial charge in [-0.3, -0.25) is 9.69 Å². The molecule has 1 amide bonds. The van der Waals surface area contributed by atoms with E-state index in [4.69, 9.17) is 16.3 Å². The number of allylic oxidation sites excluding steroid dienone is 1. The topological polar surface area (TPSA) is 110 Å². The van der Waals surface area contributed by atoms with Crippen molar-refractivity contribution in [1.29, 1.82) is 0 Å². The standard InChI is InChI=1S/C45H51ClN6O4S/c1-32-29-37(16-18-41(32)47-20-6-24-50-22-2-3-23-50)57(54,55)49-45(53)40-17-15-36(30-44(40)56-43-10-5-9-42-39(43)19-21-48-42)52-27-25-51(26-28-52)31-34-7-4-8-38(34)33-11-13-35(46)14-12-33/h5,9-19,21,29-30,47-48H,2-4,6-8,20,22-28,31H2,1H3,(H,49,53). The maximum Gasteiger partial charge on any atom is 0.268 e. The van der Waals surface area contributed by atoms with Crippen LogP contribution >= 0.6 is 11.6 Å². The van der Waals surface area contributed by atoms with Gasteiger partial charge in [0.05, 0.1) is 10.5 Å². The molecular weight excluding hydrogens is 756 g/mol. The van der Waals surface area contributed by atoms with Gasteiger partial charge in [-0.1, -0.05) is 35.4 Å². The number of aromatic nitrogens is 1. The van der Waals surface area contributed by atoms with E-state index in [-0.39, 0.29) is 16.2 Å². The fourth-order valence-corrected chi connectivity index (χ4v) is 9.60. The lowest BCUT2D eigenvalue weighted by molar-refractivity contribution is 0.0979. The summed E-state index contributed by atoms with van der Waals surface area (Å²) in [6.07, 6.45) is 8.79. The van der Waals surface area contributed by atoms with Gasteiger partial charge in [-0.15, -0.1) is 0 Å². The van der Waals surface area contributed by atoms with Crippen molar-refractivity contribution in [3.05, 3.63) is 118 Å². The lowest BCUT2D eigenvalue weighted by atomic mass is 10.0. The molecule has 3 heterocycles. The van der Waals surface area contributed by atoms with Gasteiger partial charge in [0.25, 0.3) is 15.9 Å². The first kappa shape index (κ1) is 39.0. The zero-order valence-electron chi connectivity index (χ0n) is 32.5. The highest BCUT2D eigenvalue weighted by atomic mass is 35.5. The van der Waals surface area contributed by atoms with E-state index < -0.39 is 15.9 Å². The average Bonchev–Trinajstić information content (AvgIpc) is 4.01. The van der Waals surface area contributed by atoms with Crippen molar-refractivity contribution in [2.24, 2.45) is 0 Å². The van der Waals surface area contributed by atoms with E-state index >= 15 is 0 Å². The molecule has 1 aromatic heterocycles. The number of anilines is 2. The predicted octanol–water partition coefficient (Wildman–Crippen LogP) is 8.70. The first-order valence-electron chi connectivity index (χ1n) is 20.2. The third kappa shape index (κ3) is 9.17. The number of aromatic amines is 1. The molecule has 10 nitrogen and oxygen atoms in total. The summed E-state index contributed by atoms with van der Waals surface area (Å²) in [5.74, 6) is 0.0866. The molecule has 3 aliphatic rings. The van der Waals surface area contributed by atoms with Gasteiger partial charge in [0, 0.05) is 78.8 Å². The van der Waals surface area contributed by atoms with Crippen LogP contribution in [0.25, 0.3) is 16.5 Å². The second kappa shape index (κ2) is 17.4. The van der Waals surface area contributed by atoms with E-state index in [1.807, 2.05) is 61.7 Å². The fourth-order valence-electron chi connectivity index (χ4n) is 8.43. The number of fused-ring (bicyclic) bond motifs is 1. The molecule has 298 valence electrons. The third-order valence-electron chi connectivity index (χ3n) is 11.6. The number of nitrogens with zero attached hydrogens (tertiary/aromatic N) is 3. The van der Waals surface area contributed by atoms with E-state index in [1.54, 1.807) is 24.3 Å². The third-order valence-corrected chi connectivity index (χ3v) is 13.1. The molecular formula is C45H51ClN6O4S. The number of benzene rings is 4. The number of carbonyl (C=O) groups is 1. The van der Waals surface area contributed by atoms with Crippen LogP contribution in [0.3, 0.4) is 0 Å². The molecule has 57 heavy (non-hydrogen) atoms. The Balaban J connectivity index is 0.967. The Labute approximate surface area is 340 Å². The van der Waals surface area contributed by atoms with Crippen LogP contribution in [0.15, 0.2) is 102 Å². The van der Waals surface area contributed by atoms with E-state index in [9.17, 15) is 13.2 Å². The number of halogens is 1. The van der Waals surface area contributed by atoms with Crippen LogP contribution in [0, 0.1) is 6.92 Å². The van der Waals surface area contributed by atoms with E-state index in [0.29, 0.717) is 5.75 Å². The molecule has 0 radical (unpaired) electrons. The van der Waals surface area contributed by atoms with Crippen LogP contribution in [0.5, 0.6) is 11.5 Å². The van der Waals surface area contributed by atoms with Crippen molar-refractivity contribution in [2.75, 3.05) is 69.1 Å². The monoisotopic (exact) mass is 806 g/mol. The number of ether oxygens (including phenoxy) is 1. The minimum atomic E-state index is -4.19. The van der Waals surface area contributed by atoms with Crippen molar-refractivity contribution in [3.8, 4) is 11.5 Å². The summed E-state index contributed by atoms with van der Waals surface area (Å²) in [6, 6.07) is 26.1. The summed E-state index contributed by atoms with van der Waals surface area (Å²) in [7, 11) is -4.19. The zero-order chi connectivity index (χ0) is 39.4. The van der Waals surface area contributed by atoms with Gasteiger partial charge in [0.15, 0.2) is 0 Å². The van der Waals surface area contributed by atoms with Gasteiger partial charge in [0.1, 0.15) is 11.5 Å². The fraction of sp³-hybridized carbons (Fsp3) is 0.356. The number of carbonyl (C=O) groups excluding carboxylic acids is 1. The number of amides is 1. The van der Waals surface area contributed by atoms with E-state index in [0.717, 1.165) is 97.9 Å². The highest BCUT2D eigenvalue weighted by molar-refractivity contribution is 7.90. The molecule has 1 aliphatic carbocycles. The Morgan fingerprint density at radius 1 is 0.842 bits per heavy atom. The molecule has 2 saturated heterocycles.